The zero-order valence-corrected chi connectivity index (χ0v) is 8.42. The number of hydrogen-bond acceptors (Lipinski definition) is 4. The van der Waals surface area contributed by atoms with E-state index in [1.807, 2.05) is 0 Å². The number of nitrogens with one attached hydrogen (secondary N) is 1. The molecule has 0 aliphatic heterocycles. The van der Waals surface area contributed by atoms with Crippen LogP contribution in [0.3, 0.4) is 0 Å². The van der Waals surface area contributed by atoms with Crippen LogP contribution in [0.5, 0.6) is 0 Å². The lowest BCUT2D eigenvalue weighted by Crippen LogP contribution is -2.44. The van der Waals surface area contributed by atoms with Gasteiger partial charge in [0.2, 0.25) is 10.0 Å². The predicted octanol–water partition coefficient (Wildman–Crippen LogP) is -1.22. The number of nitrogens with two attached hydrogens (primary N) is 1. The Balaban J connectivity index is 2.33. The predicted molar refractivity (Wildman–Crippen MR) is 49.6 cm³/mol. The fourth-order valence-electron chi connectivity index (χ4n) is 0.879. The summed E-state index contributed by atoms with van der Waals surface area (Å²) in [6.45, 7) is 1.65. The molecule has 0 radical (unpaired) electrons. The van der Waals surface area contributed by atoms with Crippen LogP contribution < -0.4 is 10.5 Å². The average Bonchev–Trinajstić information content (AvgIpc) is 2.81. The Morgan fingerprint density at radius 2 is 2.15 bits per heavy atom. The molecule has 2 unspecified atom stereocenters. The highest BCUT2D eigenvalue weighted by Gasteiger charge is 2.35. The summed E-state index contributed by atoms with van der Waals surface area (Å²) >= 11 is 0. The van der Waals surface area contributed by atoms with Crippen molar-refractivity contribution in [2.24, 2.45) is 5.73 Å². The van der Waals surface area contributed by atoms with Crippen LogP contribution in [0.1, 0.15) is 19.8 Å². The summed E-state index contributed by atoms with van der Waals surface area (Å²) in [5, 5.41) is 8.78. The topological polar surface area (TPSA) is 92.4 Å². The van der Waals surface area contributed by atoms with Crippen molar-refractivity contribution < 1.29 is 13.5 Å². The number of aliphatic hydroxyl groups is 1. The van der Waals surface area contributed by atoms with E-state index in [1.54, 1.807) is 0 Å². The van der Waals surface area contributed by atoms with Crippen molar-refractivity contribution in [1.29, 1.82) is 0 Å². The van der Waals surface area contributed by atoms with Gasteiger partial charge in [0.15, 0.2) is 0 Å². The van der Waals surface area contributed by atoms with E-state index in [2.05, 4.69) is 4.72 Å². The number of aliphatic hydroxyl groups excluding tert-OH is 1. The Kier molecular flexibility index (Phi) is 3.28. The lowest BCUT2D eigenvalue weighted by Gasteiger charge is -2.15. The third kappa shape index (κ3) is 3.22. The summed E-state index contributed by atoms with van der Waals surface area (Å²) in [7, 11) is -3.16. The van der Waals surface area contributed by atoms with Crippen LogP contribution in [0.2, 0.25) is 0 Å². The maximum atomic E-state index is 11.3. The standard InChI is InChI=1S/C7H16N2O3S/c1-5(10)7(8)4-9-13(11,12)6-2-3-6/h5-7,9-10H,2-4,8H2,1H3. The average molecular weight is 208 g/mol. The summed E-state index contributed by atoms with van der Waals surface area (Å²) in [6, 6.07) is -0.534. The molecule has 0 bridgehead atoms. The van der Waals surface area contributed by atoms with Gasteiger partial charge in [-0.25, -0.2) is 13.1 Å². The van der Waals surface area contributed by atoms with Crippen LogP contribution in [-0.2, 0) is 10.0 Å². The summed E-state index contributed by atoms with van der Waals surface area (Å²) in [6.07, 6.45) is 0.778. The van der Waals surface area contributed by atoms with Crippen molar-refractivity contribution in [3.63, 3.8) is 0 Å². The van der Waals surface area contributed by atoms with Crippen LogP contribution in [-0.4, -0.2) is 37.5 Å². The van der Waals surface area contributed by atoms with E-state index in [-0.39, 0.29) is 11.8 Å². The van der Waals surface area contributed by atoms with E-state index in [0.29, 0.717) is 0 Å². The zero-order chi connectivity index (χ0) is 10.1. The Bertz CT molecular complexity index is 259. The molecule has 1 aliphatic carbocycles. The maximum Gasteiger partial charge on any atom is 0.214 e. The molecule has 1 rings (SSSR count). The van der Waals surface area contributed by atoms with Crippen LogP contribution in [0.15, 0.2) is 0 Å². The lowest BCUT2D eigenvalue weighted by atomic mass is 10.2. The Labute approximate surface area is 78.4 Å². The normalized spacial score (nSPS) is 22.7. The minimum absolute atomic E-state index is 0.108. The first kappa shape index (κ1) is 10.9. The zero-order valence-electron chi connectivity index (χ0n) is 7.60. The number of rotatable bonds is 5. The molecule has 4 N–H and O–H groups in total. The molecule has 0 aromatic carbocycles. The maximum absolute atomic E-state index is 11.3. The van der Waals surface area contributed by atoms with Crippen molar-refractivity contribution in [1.82, 2.24) is 4.72 Å². The van der Waals surface area contributed by atoms with Crippen molar-refractivity contribution in [3.05, 3.63) is 0 Å². The molecule has 78 valence electrons. The van der Waals surface area contributed by atoms with Crippen LogP contribution >= 0.6 is 0 Å². The molecular weight excluding hydrogens is 192 g/mol. The lowest BCUT2D eigenvalue weighted by molar-refractivity contribution is 0.164. The minimum Gasteiger partial charge on any atom is -0.392 e. The molecule has 0 spiro atoms. The van der Waals surface area contributed by atoms with E-state index in [4.69, 9.17) is 10.8 Å². The van der Waals surface area contributed by atoms with Gasteiger partial charge >= 0.3 is 0 Å². The molecule has 2 atom stereocenters. The van der Waals surface area contributed by atoms with Crippen molar-refractivity contribution in [2.45, 2.75) is 37.2 Å². The Hall–Kier alpha value is -0.170. The molecule has 0 heterocycles. The fourth-order valence-corrected chi connectivity index (χ4v) is 2.30. The van der Waals surface area contributed by atoms with E-state index in [1.165, 1.54) is 6.92 Å². The summed E-state index contributed by atoms with van der Waals surface area (Å²) in [5.74, 6) is 0. The second-order valence-corrected chi connectivity index (χ2v) is 5.54. The van der Waals surface area contributed by atoms with Crippen LogP contribution in [0.4, 0.5) is 0 Å². The van der Waals surface area contributed by atoms with Gasteiger partial charge in [-0.15, -0.1) is 0 Å². The highest BCUT2D eigenvalue weighted by molar-refractivity contribution is 7.90. The highest BCUT2D eigenvalue weighted by Crippen LogP contribution is 2.27. The monoisotopic (exact) mass is 208 g/mol. The smallest absolute Gasteiger partial charge is 0.214 e. The van der Waals surface area contributed by atoms with E-state index >= 15 is 0 Å². The summed E-state index contributed by atoms with van der Waals surface area (Å²) < 4.78 is 24.9. The molecule has 0 aromatic rings. The molecule has 0 saturated heterocycles. The van der Waals surface area contributed by atoms with Gasteiger partial charge in [-0.1, -0.05) is 0 Å². The molecule has 0 aromatic heterocycles. The third-order valence-corrected chi connectivity index (χ3v) is 4.02. The van der Waals surface area contributed by atoms with Gasteiger partial charge in [-0.2, -0.15) is 0 Å². The fraction of sp³-hybridized carbons (Fsp3) is 1.00. The highest BCUT2D eigenvalue weighted by atomic mass is 32.2. The Morgan fingerprint density at radius 3 is 2.54 bits per heavy atom. The minimum atomic E-state index is -3.16. The summed E-state index contributed by atoms with van der Waals surface area (Å²) in [5.41, 5.74) is 5.47. The van der Waals surface area contributed by atoms with Crippen LogP contribution in [0.25, 0.3) is 0 Å². The summed E-state index contributed by atoms with van der Waals surface area (Å²) in [4.78, 5) is 0. The second-order valence-electron chi connectivity index (χ2n) is 3.50. The van der Waals surface area contributed by atoms with E-state index < -0.39 is 22.2 Å². The molecule has 5 nitrogen and oxygen atoms in total. The van der Waals surface area contributed by atoms with Gasteiger partial charge in [-0.3, -0.25) is 0 Å². The number of sulfonamides is 1. The van der Waals surface area contributed by atoms with Gasteiger partial charge in [0.25, 0.3) is 0 Å². The molecule has 1 fully saturated rings. The van der Waals surface area contributed by atoms with Crippen molar-refractivity contribution >= 4 is 10.0 Å². The van der Waals surface area contributed by atoms with Gasteiger partial charge < -0.3 is 10.8 Å². The quantitative estimate of drug-likeness (QED) is 0.528. The SMILES string of the molecule is CC(O)C(N)CNS(=O)(=O)C1CC1. The second kappa shape index (κ2) is 3.91. The first-order valence-corrected chi connectivity index (χ1v) is 5.90. The van der Waals surface area contributed by atoms with Crippen LogP contribution in [0, 0.1) is 0 Å². The van der Waals surface area contributed by atoms with Crippen molar-refractivity contribution in [2.75, 3.05) is 6.54 Å². The van der Waals surface area contributed by atoms with E-state index in [0.717, 1.165) is 12.8 Å². The van der Waals surface area contributed by atoms with E-state index in [9.17, 15) is 8.42 Å². The number of hydrogen-bond donors (Lipinski definition) is 3. The first-order valence-electron chi connectivity index (χ1n) is 4.35. The molecule has 0 amide bonds. The van der Waals surface area contributed by atoms with Gasteiger partial charge in [-0.05, 0) is 19.8 Å². The molecule has 13 heavy (non-hydrogen) atoms. The molecular formula is C7H16N2O3S. The Morgan fingerprint density at radius 1 is 1.62 bits per heavy atom. The van der Waals surface area contributed by atoms with Gasteiger partial charge in [0.05, 0.1) is 11.4 Å². The molecule has 1 saturated carbocycles. The molecule has 1 aliphatic rings. The largest absolute Gasteiger partial charge is 0.392 e. The first-order chi connectivity index (χ1) is 5.93. The van der Waals surface area contributed by atoms with Gasteiger partial charge in [0, 0.05) is 12.6 Å². The third-order valence-electron chi connectivity index (χ3n) is 2.10. The van der Waals surface area contributed by atoms with Gasteiger partial charge in [0.1, 0.15) is 0 Å². The van der Waals surface area contributed by atoms with Crippen molar-refractivity contribution in [3.8, 4) is 0 Å². The molecule has 6 heteroatoms.